The first-order chi connectivity index (χ1) is 9.12. The highest BCUT2D eigenvalue weighted by Crippen LogP contribution is 2.25. The van der Waals surface area contributed by atoms with Crippen LogP contribution in [0.1, 0.15) is 12.5 Å². The largest absolute Gasteiger partial charge is 0.497 e. The molecule has 1 rings (SSSR count). The number of benzene rings is 1. The SMILES string of the molecule is C#CCNC(=O)C(C)Oc1cc(OC)ccc1CO. The number of rotatable bonds is 6. The maximum absolute atomic E-state index is 11.6. The van der Waals surface area contributed by atoms with E-state index in [1.54, 1.807) is 25.1 Å². The van der Waals surface area contributed by atoms with Crippen molar-refractivity contribution in [2.45, 2.75) is 19.6 Å². The number of nitrogens with one attached hydrogen (secondary N) is 1. The highest BCUT2D eigenvalue weighted by atomic mass is 16.5. The summed E-state index contributed by atoms with van der Waals surface area (Å²) < 4.78 is 10.6. The maximum atomic E-state index is 11.6. The number of aliphatic hydroxyl groups excluding tert-OH is 1. The molecule has 0 bridgehead atoms. The van der Waals surface area contributed by atoms with Gasteiger partial charge in [-0.05, 0) is 19.1 Å². The Morgan fingerprint density at radius 2 is 2.32 bits per heavy atom. The monoisotopic (exact) mass is 263 g/mol. The zero-order valence-corrected chi connectivity index (χ0v) is 11.0. The van der Waals surface area contributed by atoms with Crippen LogP contribution < -0.4 is 14.8 Å². The van der Waals surface area contributed by atoms with Gasteiger partial charge in [0.1, 0.15) is 11.5 Å². The first-order valence-electron chi connectivity index (χ1n) is 5.78. The number of aliphatic hydroxyl groups is 1. The van der Waals surface area contributed by atoms with Crippen molar-refractivity contribution in [2.24, 2.45) is 0 Å². The lowest BCUT2D eigenvalue weighted by atomic mass is 10.2. The molecule has 102 valence electrons. The summed E-state index contributed by atoms with van der Waals surface area (Å²) in [5.74, 6) is 2.99. The molecule has 1 aromatic carbocycles. The highest BCUT2D eigenvalue weighted by molar-refractivity contribution is 5.81. The molecule has 0 saturated heterocycles. The van der Waals surface area contributed by atoms with Crippen molar-refractivity contribution in [1.29, 1.82) is 0 Å². The number of carbonyl (C=O) groups excluding carboxylic acids is 1. The summed E-state index contributed by atoms with van der Waals surface area (Å²) in [7, 11) is 1.53. The number of terminal acetylenes is 1. The number of ether oxygens (including phenoxy) is 2. The van der Waals surface area contributed by atoms with Gasteiger partial charge in [-0.25, -0.2) is 0 Å². The molecule has 19 heavy (non-hydrogen) atoms. The van der Waals surface area contributed by atoms with Gasteiger partial charge in [-0.15, -0.1) is 6.42 Å². The van der Waals surface area contributed by atoms with Crippen LogP contribution in [0, 0.1) is 12.3 Å². The van der Waals surface area contributed by atoms with Crippen molar-refractivity contribution in [1.82, 2.24) is 5.32 Å². The molecule has 0 saturated carbocycles. The van der Waals surface area contributed by atoms with E-state index in [2.05, 4.69) is 11.2 Å². The first-order valence-corrected chi connectivity index (χ1v) is 5.78. The average molecular weight is 263 g/mol. The lowest BCUT2D eigenvalue weighted by Crippen LogP contribution is -2.36. The topological polar surface area (TPSA) is 67.8 Å². The minimum Gasteiger partial charge on any atom is -0.497 e. The van der Waals surface area contributed by atoms with Gasteiger partial charge in [0.15, 0.2) is 6.10 Å². The van der Waals surface area contributed by atoms with Crippen LogP contribution in [0.15, 0.2) is 18.2 Å². The summed E-state index contributed by atoms with van der Waals surface area (Å²) in [5.41, 5.74) is 0.581. The molecule has 0 aliphatic heterocycles. The lowest BCUT2D eigenvalue weighted by molar-refractivity contribution is -0.127. The van der Waals surface area contributed by atoms with Gasteiger partial charge >= 0.3 is 0 Å². The van der Waals surface area contributed by atoms with Crippen LogP contribution in [0.5, 0.6) is 11.5 Å². The second kappa shape index (κ2) is 7.29. The smallest absolute Gasteiger partial charge is 0.261 e. The molecule has 5 heteroatoms. The van der Waals surface area contributed by atoms with E-state index in [1.807, 2.05) is 0 Å². The van der Waals surface area contributed by atoms with Crippen LogP contribution in [-0.2, 0) is 11.4 Å². The Bertz CT molecular complexity index is 479. The van der Waals surface area contributed by atoms with Gasteiger partial charge in [-0.2, -0.15) is 0 Å². The van der Waals surface area contributed by atoms with E-state index in [0.29, 0.717) is 17.1 Å². The van der Waals surface area contributed by atoms with E-state index in [4.69, 9.17) is 15.9 Å². The molecule has 1 unspecified atom stereocenters. The molecular formula is C14H17NO4. The Kier molecular flexibility index (Phi) is 5.71. The lowest BCUT2D eigenvalue weighted by Gasteiger charge is -2.16. The Balaban J connectivity index is 2.80. The van der Waals surface area contributed by atoms with Gasteiger partial charge in [0.25, 0.3) is 5.91 Å². The van der Waals surface area contributed by atoms with Gasteiger partial charge in [-0.3, -0.25) is 4.79 Å². The van der Waals surface area contributed by atoms with E-state index in [0.717, 1.165) is 0 Å². The fourth-order valence-electron chi connectivity index (χ4n) is 1.43. The van der Waals surface area contributed by atoms with Crippen molar-refractivity contribution in [3.8, 4) is 23.8 Å². The van der Waals surface area contributed by atoms with Gasteiger partial charge in [-0.1, -0.05) is 5.92 Å². The van der Waals surface area contributed by atoms with E-state index in [9.17, 15) is 9.90 Å². The van der Waals surface area contributed by atoms with E-state index >= 15 is 0 Å². The molecule has 0 aliphatic rings. The third-order valence-electron chi connectivity index (χ3n) is 2.48. The number of hydrogen-bond acceptors (Lipinski definition) is 4. The van der Waals surface area contributed by atoms with E-state index < -0.39 is 6.10 Å². The van der Waals surface area contributed by atoms with Crippen LogP contribution in [0.3, 0.4) is 0 Å². The third kappa shape index (κ3) is 4.19. The van der Waals surface area contributed by atoms with Crippen LogP contribution >= 0.6 is 0 Å². The number of hydrogen-bond donors (Lipinski definition) is 2. The van der Waals surface area contributed by atoms with E-state index in [-0.39, 0.29) is 19.1 Å². The fraction of sp³-hybridized carbons (Fsp3) is 0.357. The van der Waals surface area contributed by atoms with Gasteiger partial charge in [0.05, 0.1) is 20.3 Å². The summed E-state index contributed by atoms with van der Waals surface area (Å²) in [6.07, 6.45) is 4.34. The Hall–Kier alpha value is -2.19. The molecule has 1 atom stereocenters. The zero-order chi connectivity index (χ0) is 14.3. The summed E-state index contributed by atoms with van der Waals surface area (Å²) >= 11 is 0. The second-order valence-corrected chi connectivity index (χ2v) is 3.81. The predicted molar refractivity (Wildman–Crippen MR) is 70.8 cm³/mol. The molecule has 0 spiro atoms. The molecule has 1 aromatic rings. The maximum Gasteiger partial charge on any atom is 0.261 e. The van der Waals surface area contributed by atoms with Crippen molar-refractivity contribution < 1.29 is 19.4 Å². The van der Waals surface area contributed by atoms with Crippen molar-refractivity contribution in [3.63, 3.8) is 0 Å². The van der Waals surface area contributed by atoms with Crippen LogP contribution in [0.2, 0.25) is 0 Å². The summed E-state index contributed by atoms with van der Waals surface area (Å²) in [4.78, 5) is 11.6. The normalized spacial score (nSPS) is 11.3. The quantitative estimate of drug-likeness (QED) is 0.742. The van der Waals surface area contributed by atoms with Crippen LogP contribution in [0.4, 0.5) is 0 Å². The standard InChI is InChI=1S/C14H17NO4/c1-4-7-15-14(17)10(2)19-13-8-12(18-3)6-5-11(13)9-16/h1,5-6,8,10,16H,7,9H2,2-3H3,(H,15,17). The minimum absolute atomic E-state index is 0.150. The van der Waals surface area contributed by atoms with E-state index in [1.165, 1.54) is 7.11 Å². The Morgan fingerprint density at radius 3 is 2.89 bits per heavy atom. The van der Waals surface area contributed by atoms with Crippen LogP contribution in [-0.4, -0.2) is 30.8 Å². The molecule has 0 heterocycles. The predicted octanol–water partition coefficient (Wildman–Crippen LogP) is 0.704. The molecule has 0 aliphatic carbocycles. The molecular weight excluding hydrogens is 246 g/mol. The number of methoxy groups -OCH3 is 1. The highest BCUT2D eigenvalue weighted by Gasteiger charge is 2.16. The molecule has 1 amide bonds. The van der Waals surface area contributed by atoms with Gasteiger partial charge in [0, 0.05) is 11.6 Å². The molecule has 0 fully saturated rings. The van der Waals surface area contributed by atoms with Gasteiger partial charge < -0.3 is 19.9 Å². The summed E-state index contributed by atoms with van der Waals surface area (Å²) in [6, 6.07) is 5.01. The molecule has 2 N–H and O–H groups in total. The average Bonchev–Trinajstić information content (AvgIpc) is 2.44. The van der Waals surface area contributed by atoms with Gasteiger partial charge in [0.2, 0.25) is 0 Å². The Labute approximate surface area is 112 Å². The molecule has 5 nitrogen and oxygen atoms in total. The zero-order valence-electron chi connectivity index (χ0n) is 11.0. The first kappa shape index (κ1) is 14.9. The second-order valence-electron chi connectivity index (χ2n) is 3.81. The number of carbonyl (C=O) groups is 1. The minimum atomic E-state index is -0.717. The Morgan fingerprint density at radius 1 is 1.58 bits per heavy atom. The number of amides is 1. The van der Waals surface area contributed by atoms with Crippen molar-refractivity contribution in [2.75, 3.05) is 13.7 Å². The van der Waals surface area contributed by atoms with Crippen molar-refractivity contribution >= 4 is 5.91 Å². The summed E-state index contributed by atoms with van der Waals surface area (Å²) in [6.45, 7) is 1.57. The third-order valence-corrected chi connectivity index (χ3v) is 2.48. The molecule has 0 aromatic heterocycles. The van der Waals surface area contributed by atoms with Crippen molar-refractivity contribution in [3.05, 3.63) is 23.8 Å². The molecule has 0 radical (unpaired) electrons. The van der Waals surface area contributed by atoms with Crippen LogP contribution in [0.25, 0.3) is 0 Å². The summed E-state index contributed by atoms with van der Waals surface area (Å²) in [5, 5.41) is 11.8. The fourth-order valence-corrected chi connectivity index (χ4v) is 1.43.